The molecule has 1 saturated carbocycles. The monoisotopic (exact) mass is 747 g/mol. The Morgan fingerprint density at radius 3 is 1.80 bits per heavy atom. The molecule has 0 unspecified atom stereocenters. The van der Waals surface area contributed by atoms with Crippen LogP contribution in [0.1, 0.15) is 132 Å². The molecule has 2 aromatic carbocycles. The second kappa shape index (κ2) is 17.3. The third-order valence-corrected chi connectivity index (χ3v) is 8.03. The summed E-state index contributed by atoms with van der Waals surface area (Å²) in [6, 6.07) is 16.3. The van der Waals surface area contributed by atoms with E-state index < -0.39 is 0 Å². The molecule has 2 aliphatic rings. The Bertz CT molecular complexity index is 1030. The predicted molar refractivity (Wildman–Crippen MR) is 164 cm³/mol. The molecule has 40 heavy (non-hydrogen) atoms. The van der Waals surface area contributed by atoms with Gasteiger partial charge in [-0.2, -0.15) is 0 Å². The zero-order chi connectivity index (χ0) is 28.9. The molecule has 0 spiro atoms. The number of para-hydroxylation sites is 1. The van der Waals surface area contributed by atoms with E-state index in [0.29, 0.717) is 29.3 Å². The minimum atomic E-state index is -0.316. The molecule has 4 nitrogen and oxygen atoms in total. The molecule has 1 aliphatic heterocycles. The average molecular weight is 748 g/mol. The normalized spacial score (nSPS) is 17.6. The van der Waals surface area contributed by atoms with Crippen LogP contribution in [0.25, 0.3) is 0 Å². The molecule has 0 bridgehead atoms. The van der Waals surface area contributed by atoms with Crippen molar-refractivity contribution in [3.63, 3.8) is 0 Å². The van der Waals surface area contributed by atoms with E-state index in [0.717, 1.165) is 5.69 Å². The van der Waals surface area contributed by atoms with Gasteiger partial charge in [-0.05, 0) is 47.9 Å². The molecule has 0 amide bonds. The van der Waals surface area contributed by atoms with Crippen molar-refractivity contribution in [3.05, 3.63) is 84.0 Å². The van der Waals surface area contributed by atoms with Gasteiger partial charge in [0.25, 0.3) is 0 Å². The first-order valence-corrected chi connectivity index (χ1v) is 17.8. The van der Waals surface area contributed by atoms with E-state index in [4.69, 9.17) is 4.74 Å². The number of ether oxygens (including phenoxy) is 1. The zero-order valence-corrected chi connectivity index (χ0v) is 27.6. The number of hydrogen-bond acceptors (Lipinski definition) is 4. The summed E-state index contributed by atoms with van der Waals surface area (Å²) in [5, 5.41) is 0. The second-order valence-corrected chi connectivity index (χ2v) is 11.7. The number of hydrogen-bond donors (Lipinski definition) is 0. The summed E-state index contributed by atoms with van der Waals surface area (Å²) in [7, 11) is 4.58. The molecule has 1 fully saturated rings. The molecular weight excluding hydrogens is 701 g/mol. The summed E-state index contributed by atoms with van der Waals surface area (Å²) in [4.78, 5) is 17.7. The number of benzene rings is 2. The third kappa shape index (κ3) is 9.14. The fraction of sp³-hybridized carbons (Fsp3) is 0.529. The summed E-state index contributed by atoms with van der Waals surface area (Å²) in [6.45, 7) is 11.2. The Balaban J connectivity index is 0.00000216. The molecule has 1 aliphatic carbocycles. The maximum absolute atomic E-state index is 13.2. The first-order valence-electron chi connectivity index (χ1n) is 15.1. The van der Waals surface area contributed by atoms with Crippen molar-refractivity contribution in [2.75, 3.05) is 4.90 Å². The molecular formula is C34H47AuClN2O2-. The van der Waals surface area contributed by atoms with Crippen LogP contribution in [-0.2, 0) is 24.7 Å². The standard InChI is InChI=1S/C34H47N2O2.Au.ClH/c1-26(2)30-22-17-23-31(27(3)4)33(30)36-25-35(24-32(36)38-34(37)28-18-13-12-14-19-28)29-20-15-10-8-6-5-7-9-11-16-21-29;;/h12-14,17-19,22-27,29H,5-11,15-16,20-21H2,1-4H3;;1H/q-1;+1;/p-1. The van der Waals surface area contributed by atoms with Gasteiger partial charge >= 0.3 is 35.1 Å². The van der Waals surface area contributed by atoms with Gasteiger partial charge in [0, 0.05) is 17.9 Å². The fourth-order valence-electron chi connectivity index (χ4n) is 5.81. The van der Waals surface area contributed by atoms with Crippen LogP contribution in [-0.4, -0.2) is 16.9 Å². The van der Waals surface area contributed by atoms with Crippen molar-refractivity contribution < 1.29 is 29.5 Å². The predicted octanol–water partition coefficient (Wildman–Crippen LogP) is 10.2. The molecule has 0 atom stereocenters. The quantitative estimate of drug-likeness (QED) is 0.167. The van der Waals surface area contributed by atoms with Gasteiger partial charge in [0.05, 0.1) is 5.56 Å². The van der Waals surface area contributed by atoms with Crippen LogP contribution >= 0.6 is 9.19 Å². The second-order valence-electron chi connectivity index (χ2n) is 11.7. The van der Waals surface area contributed by atoms with Gasteiger partial charge in [0.2, 0.25) is 0 Å². The van der Waals surface area contributed by atoms with Crippen LogP contribution in [0.2, 0.25) is 0 Å². The van der Waals surface area contributed by atoms with Gasteiger partial charge in [-0.15, -0.1) is 6.67 Å². The Morgan fingerprint density at radius 2 is 1.30 bits per heavy atom. The van der Waals surface area contributed by atoms with E-state index >= 15 is 0 Å². The van der Waals surface area contributed by atoms with E-state index in [-0.39, 0.29) is 5.97 Å². The molecule has 2 aromatic rings. The van der Waals surface area contributed by atoms with Crippen LogP contribution < -0.4 is 4.90 Å². The maximum atomic E-state index is 13.2. The van der Waals surface area contributed by atoms with Crippen LogP contribution in [0.15, 0.2) is 60.6 Å². The summed E-state index contributed by atoms with van der Waals surface area (Å²) in [5.74, 6) is 0.973. The number of carbonyl (C=O) groups is 1. The molecule has 1 heterocycles. The first kappa shape index (κ1) is 32.8. The van der Waals surface area contributed by atoms with Crippen LogP contribution in [0, 0.1) is 6.67 Å². The molecule has 0 saturated heterocycles. The summed E-state index contributed by atoms with van der Waals surface area (Å²) >= 11 is 1.75. The Labute approximate surface area is 259 Å². The average Bonchev–Trinajstić information content (AvgIpc) is 3.37. The molecule has 224 valence electrons. The molecule has 0 aromatic heterocycles. The summed E-state index contributed by atoms with van der Waals surface area (Å²) in [6.07, 6.45) is 16.4. The third-order valence-electron chi connectivity index (χ3n) is 8.03. The fourth-order valence-corrected chi connectivity index (χ4v) is 5.81. The number of carbonyl (C=O) groups excluding carboxylic acids is 1. The Morgan fingerprint density at radius 1 is 0.800 bits per heavy atom. The van der Waals surface area contributed by atoms with Gasteiger partial charge < -0.3 is 14.5 Å². The Kier molecular flexibility index (Phi) is 14.2. The first-order chi connectivity index (χ1) is 19.5. The number of nitrogens with zero attached hydrogens (tertiary/aromatic N) is 2. The zero-order valence-electron chi connectivity index (χ0n) is 24.7. The number of halogens is 1. The number of rotatable bonds is 6. The van der Waals surface area contributed by atoms with E-state index in [9.17, 15) is 4.79 Å². The van der Waals surface area contributed by atoms with Crippen molar-refractivity contribution in [1.29, 1.82) is 0 Å². The van der Waals surface area contributed by atoms with Crippen molar-refractivity contribution >= 4 is 20.8 Å². The van der Waals surface area contributed by atoms with Crippen molar-refractivity contribution in [2.24, 2.45) is 0 Å². The van der Waals surface area contributed by atoms with Crippen molar-refractivity contribution in [3.8, 4) is 0 Å². The summed E-state index contributed by atoms with van der Waals surface area (Å²) < 4.78 is 6.17. The molecule has 0 radical (unpaired) electrons. The summed E-state index contributed by atoms with van der Waals surface area (Å²) in [5.41, 5.74) is 4.27. The number of anilines is 1. The van der Waals surface area contributed by atoms with E-state index in [1.165, 1.54) is 81.8 Å². The van der Waals surface area contributed by atoms with Gasteiger partial charge in [-0.25, -0.2) is 4.79 Å². The van der Waals surface area contributed by atoms with Crippen molar-refractivity contribution in [1.82, 2.24) is 4.90 Å². The van der Waals surface area contributed by atoms with E-state index in [2.05, 4.69) is 77.8 Å². The van der Waals surface area contributed by atoms with Gasteiger partial charge in [-0.3, -0.25) is 0 Å². The topological polar surface area (TPSA) is 32.8 Å². The van der Waals surface area contributed by atoms with Crippen LogP contribution in [0.4, 0.5) is 5.69 Å². The number of esters is 1. The van der Waals surface area contributed by atoms with Gasteiger partial charge in [0.1, 0.15) is 0 Å². The Hall–Kier alpha value is -1.72. The van der Waals surface area contributed by atoms with Gasteiger partial charge in [-0.1, -0.05) is 122 Å². The minimum absolute atomic E-state index is 0.316. The SMILES string of the molecule is CC(C)c1cccc(C(C)C)c1N1[CH-]N(C2CCCCCCCCCCC2)C=C1OC(=O)c1ccccc1.[Cl][Au]. The van der Waals surface area contributed by atoms with E-state index in [1.54, 1.807) is 20.0 Å². The molecule has 4 rings (SSSR count). The van der Waals surface area contributed by atoms with E-state index in [1.807, 2.05) is 30.3 Å². The van der Waals surface area contributed by atoms with Crippen LogP contribution in [0.3, 0.4) is 0 Å². The molecule has 6 heteroatoms. The molecule has 0 N–H and O–H groups in total. The van der Waals surface area contributed by atoms with Gasteiger partial charge in [0.15, 0.2) is 5.88 Å². The van der Waals surface area contributed by atoms with Crippen molar-refractivity contribution in [2.45, 2.75) is 116 Å². The van der Waals surface area contributed by atoms with Crippen LogP contribution in [0.5, 0.6) is 0 Å².